The van der Waals surface area contributed by atoms with E-state index >= 15 is 0 Å². The van der Waals surface area contributed by atoms with Gasteiger partial charge in [-0.1, -0.05) is 24.3 Å². The number of anilines is 1. The molecule has 1 aliphatic carbocycles. The Balaban J connectivity index is 1.88. The van der Waals surface area contributed by atoms with Gasteiger partial charge in [-0.15, -0.1) is 0 Å². The van der Waals surface area contributed by atoms with Gasteiger partial charge in [0.15, 0.2) is 0 Å². The second-order valence-electron chi connectivity index (χ2n) is 5.21. The average molecular weight is 297 g/mol. The van der Waals surface area contributed by atoms with Crippen LogP contribution in [0.5, 0.6) is 5.75 Å². The van der Waals surface area contributed by atoms with Gasteiger partial charge in [0.2, 0.25) is 11.4 Å². The van der Waals surface area contributed by atoms with E-state index in [0.717, 1.165) is 0 Å². The summed E-state index contributed by atoms with van der Waals surface area (Å²) < 4.78 is 5.08. The molecule has 2 aromatic carbocycles. The Kier molecular flexibility index (Phi) is 3.42. The fourth-order valence-corrected chi connectivity index (χ4v) is 2.57. The second-order valence-corrected chi connectivity index (χ2v) is 5.21. The summed E-state index contributed by atoms with van der Waals surface area (Å²) in [6.45, 7) is 0. The van der Waals surface area contributed by atoms with E-state index in [2.05, 4.69) is 5.32 Å². The highest BCUT2D eigenvalue weighted by Crippen LogP contribution is 2.33. The second kappa shape index (κ2) is 5.27. The van der Waals surface area contributed by atoms with E-state index < -0.39 is 17.3 Å². The first-order valence-corrected chi connectivity index (χ1v) is 6.85. The molecule has 22 heavy (non-hydrogen) atoms. The van der Waals surface area contributed by atoms with Crippen molar-refractivity contribution in [3.05, 3.63) is 59.7 Å². The van der Waals surface area contributed by atoms with Crippen molar-refractivity contribution in [1.29, 1.82) is 0 Å². The molecule has 0 radical (unpaired) electrons. The predicted octanol–water partition coefficient (Wildman–Crippen LogP) is 1.80. The topological polar surface area (TPSA) is 75.6 Å². The lowest BCUT2D eigenvalue weighted by Gasteiger charge is -2.19. The summed E-state index contributed by atoms with van der Waals surface area (Å²) in [5.41, 5.74) is -0.589. The highest BCUT2D eigenvalue weighted by molar-refractivity contribution is 6.23. The fourth-order valence-electron chi connectivity index (χ4n) is 2.57. The zero-order chi connectivity index (χ0) is 15.7. The number of ketones is 1. The van der Waals surface area contributed by atoms with Crippen molar-refractivity contribution in [2.45, 2.75) is 12.0 Å². The van der Waals surface area contributed by atoms with Crippen molar-refractivity contribution in [2.24, 2.45) is 0 Å². The molecule has 2 aromatic rings. The monoisotopic (exact) mass is 297 g/mol. The lowest BCUT2D eigenvalue weighted by molar-refractivity contribution is -0.129. The average Bonchev–Trinajstić information content (AvgIpc) is 2.80. The summed E-state index contributed by atoms with van der Waals surface area (Å²) in [6, 6.07) is 13.7. The first-order valence-electron chi connectivity index (χ1n) is 6.85. The van der Waals surface area contributed by atoms with E-state index in [4.69, 9.17) is 4.74 Å². The van der Waals surface area contributed by atoms with Crippen LogP contribution in [0.4, 0.5) is 5.69 Å². The minimum Gasteiger partial charge on any atom is -0.497 e. The standard InChI is InChI=1S/C17H15NO4/c1-22-13-8-7-11-10-17(21,15(19)14(11)9-13)16(20)18-12-5-3-2-4-6-12/h2-9,21H,10H2,1H3,(H,18,20)/t17-/m0/s1. The number of rotatable bonds is 3. The van der Waals surface area contributed by atoms with Crippen molar-refractivity contribution in [3.8, 4) is 5.75 Å². The molecule has 0 unspecified atom stereocenters. The number of hydrogen-bond acceptors (Lipinski definition) is 4. The summed E-state index contributed by atoms with van der Waals surface area (Å²) in [6.07, 6.45) is -0.0379. The summed E-state index contributed by atoms with van der Waals surface area (Å²) in [5.74, 6) is -0.812. The van der Waals surface area contributed by atoms with Gasteiger partial charge in [0.05, 0.1) is 7.11 Å². The summed E-state index contributed by atoms with van der Waals surface area (Å²) in [5, 5.41) is 13.1. The number of ether oxygens (including phenoxy) is 1. The number of carbonyl (C=O) groups excluding carboxylic acids is 2. The number of Topliss-reactive ketones (excluding diaryl/α,β-unsaturated/α-hetero) is 1. The molecular formula is C17H15NO4. The Bertz CT molecular complexity index is 742. The third-order valence-corrected chi connectivity index (χ3v) is 3.79. The number of carbonyl (C=O) groups is 2. The molecule has 0 aliphatic heterocycles. The molecule has 1 atom stereocenters. The van der Waals surface area contributed by atoms with Crippen molar-refractivity contribution in [3.63, 3.8) is 0 Å². The SMILES string of the molecule is COc1ccc2c(c1)C(=O)[C@](O)(C(=O)Nc1ccccc1)C2. The number of methoxy groups -OCH3 is 1. The summed E-state index contributed by atoms with van der Waals surface area (Å²) >= 11 is 0. The first-order chi connectivity index (χ1) is 10.5. The van der Waals surface area contributed by atoms with Crippen LogP contribution >= 0.6 is 0 Å². The normalized spacial score (nSPS) is 19.6. The van der Waals surface area contributed by atoms with E-state index in [0.29, 0.717) is 22.6 Å². The number of fused-ring (bicyclic) bond motifs is 1. The van der Waals surface area contributed by atoms with E-state index in [9.17, 15) is 14.7 Å². The highest BCUT2D eigenvalue weighted by atomic mass is 16.5. The smallest absolute Gasteiger partial charge is 0.264 e. The maximum atomic E-state index is 12.5. The van der Waals surface area contributed by atoms with Crippen LogP contribution in [0.2, 0.25) is 0 Å². The number of hydrogen-bond donors (Lipinski definition) is 2. The van der Waals surface area contributed by atoms with Gasteiger partial charge in [0, 0.05) is 17.7 Å². The molecule has 0 saturated carbocycles. The zero-order valence-electron chi connectivity index (χ0n) is 12.0. The number of para-hydroxylation sites is 1. The Morgan fingerprint density at radius 1 is 1.23 bits per heavy atom. The molecule has 112 valence electrons. The van der Waals surface area contributed by atoms with Crippen molar-refractivity contribution in [1.82, 2.24) is 0 Å². The van der Waals surface area contributed by atoms with Crippen molar-refractivity contribution >= 4 is 17.4 Å². The molecule has 1 amide bonds. The van der Waals surface area contributed by atoms with Crippen LogP contribution in [0.3, 0.4) is 0 Å². The molecule has 3 rings (SSSR count). The molecule has 0 aromatic heterocycles. The van der Waals surface area contributed by atoms with Gasteiger partial charge in [-0.05, 0) is 29.8 Å². The van der Waals surface area contributed by atoms with Crippen molar-refractivity contribution in [2.75, 3.05) is 12.4 Å². The van der Waals surface area contributed by atoms with Gasteiger partial charge < -0.3 is 15.2 Å². The minimum atomic E-state index is -2.08. The van der Waals surface area contributed by atoms with Gasteiger partial charge in [-0.25, -0.2) is 0 Å². The van der Waals surface area contributed by atoms with Crippen LogP contribution in [-0.4, -0.2) is 29.5 Å². The number of aliphatic hydroxyl groups is 1. The van der Waals surface area contributed by atoms with Crippen LogP contribution in [0, 0.1) is 0 Å². The van der Waals surface area contributed by atoms with Crippen LogP contribution in [0.1, 0.15) is 15.9 Å². The van der Waals surface area contributed by atoms with Crippen LogP contribution in [-0.2, 0) is 11.2 Å². The lowest BCUT2D eigenvalue weighted by Crippen LogP contribution is -2.48. The minimum absolute atomic E-state index is 0.0379. The largest absolute Gasteiger partial charge is 0.497 e. The van der Waals surface area contributed by atoms with E-state index in [1.165, 1.54) is 7.11 Å². The van der Waals surface area contributed by atoms with Gasteiger partial charge in [-0.2, -0.15) is 0 Å². The molecule has 1 aliphatic rings. The van der Waals surface area contributed by atoms with Gasteiger partial charge in [0.25, 0.3) is 5.91 Å². The molecule has 2 N–H and O–H groups in total. The summed E-state index contributed by atoms with van der Waals surface area (Å²) in [7, 11) is 1.50. The predicted molar refractivity (Wildman–Crippen MR) is 81.1 cm³/mol. The fraction of sp³-hybridized carbons (Fsp3) is 0.176. The van der Waals surface area contributed by atoms with Gasteiger partial charge in [0.1, 0.15) is 5.75 Å². The molecule has 0 saturated heterocycles. The highest BCUT2D eigenvalue weighted by Gasteiger charge is 2.50. The molecule has 0 spiro atoms. The Labute approximate surface area is 127 Å². The maximum Gasteiger partial charge on any atom is 0.264 e. The Hall–Kier alpha value is -2.66. The Morgan fingerprint density at radius 2 is 1.95 bits per heavy atom. The Morgan fingerprint density at radius 3 is 2.64 bits per heavy atom. The van der Waals surface area contributed by atoms with Crippen LogP contribution in [0.25, 0.3) is 0 Å². The quantitative estimate of drug-likeness (QED) is 0.847. The molecule has 0 fully saturated rings. The molecule has 0 heterocycles. The van der Waals surface area contributed by atoms with E-state index in [1.54, 1.807) is 42.5 Å². The van der Waals surface area contributed by atoms with Gasteiger partial charge in [-0.3, -0.25) is 9.59 Å². The molecule has 5 nitrogen and oxygen atoms in total. The lowest BCUT2D eigenvalue weighted by atomic mass is 9.98. The zero-order valence-corrected chi connectivity index (χ0v) is 12.0. The number of benzene rings is 2. The maximum absolute atomic E-state index is 12.5. The molecular weight excluding hydrogens is 282 g/mol. The van der Waals surface area contributed by atoms with Crippen molar-refractivity contribution < 1.29 is 19.4 Å². The third-order valence-electron chi connectivity index (χ3n) is 3.79. The third kappa shape index (κ3) is 2.25. The molecule has 5 heteroatoms. The first kappa shape index (κ1) is 14.3. The van der Waals surface area contributed by atoms with Gasteiger partial charge >= 0.3 is 0 Å². The van der Waals surface area contributed by atoms with E-state index in [1.807, 2.05) is 6.07 Å². The van der Waals surface area contributed by atoms with Crippen LogP contribution in [0.15, 0.2) is 48.5 Å². The molecule has 0 bridgehead atoms. The van der Waals surface area contributed by atoms with Crippen LogP contribution < -0.4 is 10.1 Å². The number of amides is 1. The number of nitrogens with one attached hydrogen (secondary N) is 1. The summed E-state index contributed by atoms with van der Waals surface area (Å²) in [4.78, 5) is 24.8. The van der Waals surface area contributed by atoms with E-state index in [-0.39, 0.29) is 6.42 Å².